The smallest absolute Gasteiger partial charge is 0.332 e. The van der Waals surface area contributed by atoms with Crippen molar-refractivity contribution in [2.24, 2.45) is 14.1 Å². The number of aromatic amines is 1. The Morgan fingerprint density at radius 1 is 1.20 bits per heavy atom. The number of carbonyl (C=O) groups is 2. The van der Waals surface area contributed by atoms with Gasteiger partial charge in [-0.3, -0.25) is 23.5 Å². The van der Waals surface area contributed by atoms with Gasteiger partial charge in [0.1, 0.15) is 11.6 Å². The second-order valence-corrected chi connectivity index (χ2v) is 7.32. The summed E-state index contributed by atoms with van der Waals surface area (Å²) in [5.41, 5.74) is 0.632. The molecule has 0 spiro atoms. The Hall–Kier alpha value is -3.69. The van der Waals surface area contributed by atoms with Gasteiger partial charge in [0.15, 0.2) is 0 Å². The number of benzene rings is 1. The molecule has 0 radical (unpaired) electrons. The topological polar surface area (TPSA) is 118 Å². The van der Waals surface area contributed by atoms with Crippen molar-refractivity contribution in [2.75, 3.05) is 11.9 Å². The van der Waals surface area contributed by atoms with Gasteiger partial charge in [0.2, 0.25) is 11.8 Å². The standard InChI is InChI=1S/C20H20FN5O4/c1-25-17-16(19(29)26(2)20(25)30)13(18(28)24-17)8-15(27)22-6-5-10-9-23-14-4-3-11(21)7-12(10)14/h3-4,7,9,13,23H,5-6,8H2,1-2H3,(H,22,27)(H,24,28). The molecule has 156 valence electrons. The predicted molar refractivity (Wildman–Crippen MR) is 108 cm³/mol. The molecule has 1 aliphatic heterocycles. The first kappa shape index (κ1) is 19.6. The Morgan fingerprint density at radius 2 is 1.97 bits per heavy atom. The third-order valence-corrected chi connectivity index (χ3v) is 5.44. The SMILES string of the molecule is Cn1c2c(c(=O)n(C)c1=O)C(CC(=O)NCCc1c[nH]c3ccc(F)cc13)C(=O)N2. The average Bonchev–Trinajstić information content (AvgIpc) is 3.26. The second-order valence-electron chi connectivity index (χ2n) is 7.32. The van der Waals surface area contributed by atoms with E-state index < -0.39 is 29.0 Å². The van der Waals surface area contributed by atoms with Crippen LogP contribution in [0.4, 0.5) is 10.2 Å². The Balaban J connectivity index is 1.45. The Kier molecular flexibility index (Phi) is 4.76. The normalized spacial score (nSPS) is 15.3. The van der Waals surface area contributed by atoms with E-state index in [4.69, 9.17) is 0 Å². The summed E-state index contributed by atoms with van der Waals surface area (Å²) in [6.07, 6.45) is 2.02. The maximum Gasteiger partial charge on any atom is 0.332 e. The first-order valence-corrected chi connectivity index (χ1v) is 9.41. The molecule has 1 aromatic carbocycles. The van der Waals surface area contributed by atoms with Gasteiger partial charge < -0.3 is 15.6 Å². The van der Waals surface area contributed by atoms with Gasteiger partial charge in [-0.15, -0.1) is 0 Å². The zero-order valence-corrected chi connectivity index (χ0v) is 16.4. The van der Waals surface area contributed by atoms with Gasteiger partial charge in [-0.1, -0.05) is 0 Å². The summed E-state index contributed by atoms with van der Waals surface area (Å²) in [5, 5.41) is 6.01. The van der Waals surface area contributed by atoms with E-state index in [9.17, 15) is 23.6 Å². The molecule has 30 heavy (non-hydrogen) atoms. The van der Waals surface area contributed by atoms with Crippen LogP contribution < -0.4 is 21.9 Å². The van der Waals surface area contributed by atoms with Crippen LogP contribution in [0, 0.1) is 5.82 Å². The van der Waals surface area contributed by atoms with Crippen molar-refractivity contribution in [3.63, 3.8) is 0 Å². The van der Waals surface area contributed by atoms with Crippen molar-refractivity contribution in [1.29, 1.82) is 0 Å². The first-order chi connectivity index (χ1) is 14.3. The number of halogens is 1. The fraction of sp³-hybridized carbons (Fsp3) is 0.300. The average molecular weight is 413 g/mol. The maximum absolute atomic E-state index is 13.5. The third kappa shape index (κ3) is 3.19. The molecule has 10 heteroatoms. The van der Waals surface area contributed by atoms with E-state index in [1.165, 1.54) is 30.8 Å². The molecule has 9 nitrogen and oxygen atoms in total. The molecule has 0 aliphatic carbocycles. The molecule has 3 aromatic rings. The van der Waals surface area contributed by atoms with Crippen LogP contribution in [0.1, 0.15) is 23.5 Å². The van der Waals surface area contributed by atoms with E-state index >= 15 is 0 Å². The van der Waals surface area contributed by atoms with E-state index in [2.05, 4.69) is 15.6 Å². The van der Waals surface area contributed by atoms with Gasteiger partial charge in [-0.25, -0.2) is 9.18 Å². The molecule has 1 atom stereocenters. The lowest BCUT2D eigenvalue weighted by atomic mass is 9.99. The molecule has 3 N–H and O–H groups in total. The van der Waals surface area contributed by atoms with Gasteiger partial charge in [-0.2, -0.15) is 0 Å². The van der Waals surface area contributed by atoms with Gasteiger partial charge in [0, 0.05) is 44.2 Å². The molecular formula is C20H20FN5O4. The highest BCUT2D eigenvalue weighted by molar-refractivity contribution is 6.04. The van der Waals surface area contributed by atoms with Crippen LogP contribution in [0.3, 0.4) is 0 Å². The third-order valence-electron chi connectivity index (χ3n) is 5.44. The summed E-state index contributed by atoms with van der Waals surface area (Å²) >= 11 is 0. The molecule has 3 heterocycles. The van der Waals surface area contributed by atoms with Gasteiger partial charge in [0.05, 0.1) is 11.5 Å². The summed E-state index contributed by atoms with van der Waals surface area (Å²) in [4.78, 5) is 52.3. The van der Waals surface area contributed by atoms with Crippen molar-refractivity contribution < 1.29 is 14.0 Å². The largest absolute Gasteiger partial charge is 0.361 e. The summed E-state index contributed by atoms with van der Waals surface area (Å²) in [7, 11) is 2.78. The number of H-pyrrole nitrogens is 1. The van der Waals surface area contributed by atoms with E-state index in [1.807, 2.05) is 0 Å². The van der Waals surface area contributed by atoms with Gasteiger partial charge >= 0.3 is 5.69 Å². The van der Waals surface area contributed by atoms with Gasteiger partial charge in [0.25, 0.3) is 5.56 Å². The summed E-state index contributed by atoms with van der Waals surface area (Å²) in [6.45, 7) is 0.286. The van der Waals surface area contributed by atoms with E-state index in [-0.39, 0.29) is 30.2 Å². The highest BCUT2D eigenvalue weighted by Crippen LogP contribution is 2.30. The van der Waals surface area contributed by atoms with Crippen molar-refractivity contribution >= 4 is 28.5 Å². The van der Waals surface area contributed by atoms with Crippen LogP contribution in [0.2, 0.25) is 0 Å². The number of nitrogens with zero attached hydrogens (tertiary/aromatic N) is 2. The zero-order chi connectivity index (χ0) is 21.6. The molecule has 1 unspecified atom stereocenters. The molecule has 0 bridgehead atoms. The molecule has 2 aromatic heterocycles. The Labute approximate surface area is 169 Å². The molecule has 2 amide bonds. The van der Waals surface area contributed by atoms with Crippen LogP contribution in [-0.2, 0) is 30.1 Å². The minimum Gasteiger partial charge on any atom is -0.361 e. The van der Waals surface area contributed by atoms with Crippen molar-refractivity contribution in [1.82, 2.24) is 19.4 Å². The van der Waals surface area contributed by atoms with E-state index in [0.29, 0.717) is 6.42 Å². The number of hydrogen-bond donors (Lipinski definition) is 3. The fourth-order valence-corrected chi connectivity index (χ4v) is 3.82. The number of fused-ring (bicyclic) bond motifs is 2. The van der Waals surface area contributed by atoms with Crippen LogP contribution in [-0.4, -0.2) is 32.5 Å². The minimum atomic E-state index is -0.965. The maximum atomic E-state index is 13.5. The lowest BCUT2D eigenvalue weighted by Gasteiger charge is -2.11. The van der Waals surface area contributed by atoms with Crippen LogP contribution in [0.5, 0.6) is 0 Å². The van der Waals surface area contributed by atoms with Crippen LogP contribution >= 0.6 is 0 Å². The Morgan fingerprint density at radius 3 is 2.73 bits per heavy atom. The lowest BCUT2D eigenvalue weighted by Crippen LogP contribution is -2.39. The van der Waals surface area contributed by atoms with Crippen molar-refractivity contribution in [3.05, 3.63) is 62.2 Å². The molecule has 0 fully saturated rings. The molecular weight excluding hydrogens is 393 g/mol. The highest BCUT2D eigenvalue weighted by Gasteiger charge is 2.37. The number of carbonyl (C=O) groups excluding carboxylic acids is 2. The molecule has 1 aliphatic rings. The van der Waals surface area contributed by atoms with Crippen LogP contribution in [0.15, 0.2) is 34.0 Å². The van der Waals surface area contributed by atoms with Crippen LogP contribution in [0.25, 0.3) is 10.9 Å². The number of nitrogens with one attached hydrogen (secondary N) is 3. The van der Waals surface area contributed by atoms with E-state index in [1.54, 1.807) is 12.3 Å². The summed E-state index contributed by atoms with van der Waals surface area (Å²) in [6, 6.07) is 4.45. The number of hydrogen-bond acceptors (Lipinski definition) is 4. The quantitative estimate of drug-likeness (QED) is 0.564. The fourth-order valence-electron chi connectivity index (χ4n) is 3.82. The summed E-state index contributed by atoms with van der Waals surface area (Å²) in [5.74, 6) is -2.07. The Bertz CT molecular complexity index is 1300. The first-order valence-electron chi connectivity index (χ1n) is 9.41. The molecule has 4 rings (SSSR count). The highest BCUT2D eigenvalue weighted by atomic mass is 19.1. The minimum absolute atomic E-state index is 0.117. The zero-order valence-electron chi connectivity index (χ0n) is 16.4. The van der Waals surface area contributed by atoms with E-state index in [0.717, 1.165) is 21.0 Å². The lowest BCUT2D eigenvalue weighted by molar-refractivity contribution is -0.125. The van der Waals surface area contributed by atoms with Crippen molar-refractivity contribution in [2.45, 2.75) is 18.8 Å². The number of anilines is 1. The second kappa shape index (κ2) is 7.29. The number of rotatable bonds is 5. The molecule has 0 saturated heterocycles. The monoisotopic (exact) mass is 413 g/mol. The van der Waals surface area contributed by atoms with Gasteiger partial charge in [-0.05, 0) is 30.2 Å². The number of amides is 2. The van der Waals surface area contributed by atoms with Crippen molar-refractivity contribution in [3.8, 4) is 0 Å². The molecule has 0 saturated carbocycles. The number of aromatic nitrogens is 3. The predicted octanol–water partition coefficient (Wildman–Crippen LogP) is 0.489. The summed E-state index contributed by atoms with van der Waals surface area (Å²) < 4.78 is 15.6.